The molecule has 57 heavy (non-hydrogen) atoms. The zero-order valence-electron chi connectivity index (χ0n) is 32.7. The molecule has 272 valence electrons. The van der Waals surface area contributed by atoms with Crippen molar-refractivity contribution in [2.45, 2.75) is 43.9 Å². The molecule has 2 aliphatic carbocycles. The molecule has 0 aromatic heterocycles. The van der Waals surface area contributed by atoms with Gasteiger partial charge >= 0.3 is 0 Å². The second kappa shape index (κ2) is 11.2. The van der Waals surface area contributed by atoms with E-state index in [1.165, 1.54) is 101 Å². The Morgan fingerprint density at radius 3 is 0.912 bits per heavy atom. The van der Waals surface area contributed by atoms with Crippen LogP contribution in [0.2, 0.25) is 0 Å². The van der Waals surface area contributed by atoms with Crippen LogP contribution in [0.25, 0.3) is 22.3 Å². The summed E-state index contributed by atoms with van der Waals surface area (Å²) in [5, 5.41) is 0. The molecule has 2 heteroatoms. The lowest BCUT2D eigenvalue weighted by Gasteiger charge is -2.42. The minimum absolute atomic E-state index is 0.126. The molecule has 0 amide bonds. The quantitative estimate of drug-likeness (QED) is 0.175. The fraction of sp³-hybridized carbons (Fsp3) is 0.127. The highest BCUT2D eigenvalue weighted by Crippen LogP contribution is 2.65. The summed E-state index contributed by atoms with van der Waals surface area (Å²) in [6, 6.07) is 68.8. The molecule has 0 N–H and O–H groups in total. The highest BCUT2D eigenvalue weighted by atomic mass is 15.2. The number of nitrogens with zero attached hydrogens (tertiary/aromatic N) is 2. The van der Waals surface area contributed by atoms with Crippen LogP contribution in [0.15, 0.2) is 182 Å². The van der Waals surface area contributed by atoms with Gasteiger partial charge in [-0.2, -0.15) is 0 Å². The second-order valence-electron chi connectivity index (χ2n) is 17.3. The van der Waals surface area contributed by atoms with E-state index in [0.717, 1.165) is 0 Å². The first-order valence-electron chi connectivity index (χ1n) is 20.3. The molecular weight excluding hydrogens is 689 g/mol. The normalized spacial score (nSPS) is 16.4. The Bertz CT molecular complexity index is 2700. The summed E-state index contributed by atoms with van der Waals surface area (Å²) in [6.45, 7) is 9.45. The third-order valence-corrected chi connectivity index (χ3v) is 13.8. The van der Waals surface area contributed by atoms with Crippen molar-refractivity contribution in [1.82, 2.24) is 0 Å². The molecule has 12 rings (SSSR count). The summed E-state index contributed by atoms with van der Waals surface area (Å²) in [4.78, 5) is 5.02. The van der Waals surface area contributed by atoms with E-state index in [1.807, 2.05) is 0 Å². The highest BCUT2D eigenvalue weighted by molar-refractivity contribution is 5.98. The highest BCUT2D eigenvalue weighted by Gasteiger charge is 2.52. The molecule has 1 spiro atoms. The monoisotopic (exact) mass is 730 g/mol. The zero-order chi connectivity index (χ0) is 38.3. The number of benzene rings is 8. The summed E-state index contributed by atoms with van der Waals surface area (Å²) in [5.41, 5.74) is 22.5. The summed E-state index contributed by atoms with van der Waals surface area (Å²) < 4.78 is 0. The average Bonchev–Trinajstić information content (AvgIpc) is 3.71. The van der Waals surface area contributed by atoms with Gasteiger partial charge in [-0.1, -0.05) is 161 Å². The largest absolute Gasteiger partial charge is 0.310 e. The lowest BCUT2D eigenvalue weighted by atomic mass is 9.70. The van der Waals surface area contributed by atoms with Crippen LogP contribution in [0, 0.1) is 0 Å². The Hall–Kier alpha value is -6.64. The zero-order valence-corrected chi connectivity index (χ0v) is 32.7. The predicted octanol–water partition coefficient (Wildman–Crippen LogP) is 14.2. The Morgan fingerprint density at radius 1 is 0.281 bits per heavy atom. The van der Waals surface area contributed by atoms with E-state index >= 15 is 0 Å². The fourth-order valence-corrected chi connectivity index (χ4v) is 11.3. The maximum atomic E-state index is 2.52. The maximum Gasteiger partial charge on any atom is 0.0727 e. The Morgan fingerprint density at radius 2 is 0.561 bits per heavy atom. The summed E-state index contributed by atoms with van der Waals surface area (Å²) >= 11 is 0. The molecule has 0 bridgehead atoms. The number of para-hydroxylation sites is 4. The van der Waals surface area contributed by atoms with Crippen LogP contribution in [0.1, 0.15) is 72.2 Å². The van der Waals surface area contributed by atoms with Crippen molar-refractivity contribution in [3.63, 3.8) is 0 Å². The van der Waals surface area contributed by atoms with Gasteiger partial charge in [-0.3, -0.25) is 0 Å². The van der Waals surface area contributed by atoms with E-state index in [-0.39, 0.29) is 10.8 Å². The maximum absolute atomic E-state index is 2.52. The van der Waals surface area contributed by atoms with Crippen LogP contribution in [-0.4, -0.2) is 0 Å². The smallest absolute Gasteiger partial charge is 0.0727 e. The number of hydrogen-bond acceptors (Lipinski definition) is 2. The topological polar surface area (TPSA) is 6.48 Å². The Labute approximate surface area is 335 Å². The molecule has 8 aromatic rings. The summed E-state index contributed by atoms with van der Waals surface area (Å²) in [7, 11) is 0. The van der Waals surface area contributed by atoms with Gasteiger partial charge in [-0.15, -0.1) is 0 Å². The molecule has 0 atom stereocenters. The van der Waals surface area contributed by atoms with Crippen molar-refractivity contribution in [3.8, 4) is 22.3 Å². The lowest BCUT2D eigenvalue weighted by Crippen LogP contribution is -2.31. The van der Waals surface area contributed by atoms with Crippen molar-refractivity contribution in [3.05, 3.63) is 226 Å². The van der Waals surface area contributed by atoms with Crippen LogP contribution in [0.4, 0.5) is 34.1 Å². The van der Waals surface area contributed by atoms with Crippen molar-refractivity contribution < 1.29 is 0 Å². The first-order chi connectivity index (χ1) is 27.8. The molecule has 2 aliphatic heterocycles. The standard InChI is InChI=1S/C55H42N2/c1-53(2)43-21-9-13-25-49(43)56(50-26-14-10-22-44(50)53)35-29-31-39-37-17-5-7-19-41(37)55(47(39)33-35)42-20-8-6-18-38(42)40-32-30-36(34-48(40)55)57-51-27-15-11-23-45(51)54(3,4)46-24-12-16-28-52(46)57/h5-34H,1-4H3. The van der Waals surface area contributed by atoms with Gasteiger partial charge < -0.3 is 9.80 Å². The molecule has 2 heterocycles. The van der Waals surface area contributed by atoms with Crippen LogP contribution >= 0.6 is 0 Å². The molecule has 2 nitrogen and oxygen atoms in total. The van der Waals surface area contributed by atoms with E-state index in [2.05, 4.69) is 219 Å². The van der Waals surface area contributed by atoms with Gasteiger partial charge in [-0.25, -0.2) is 0 Å². The number of fused-ring (bicyclic) bond motifs is 14. The van der Waals surface area contributed by atoms with Crippen LogP contribution in [0.5, 0.6) is 0 Å². The summed E-state index contributed by atoms with van der Waals surface area (Å²) in [5.74, 6) is 0. The van der Waals surface area contributed by atoms with Crippen LogP contribution in [0.3, 0.4) is 0 Å². The third kappa shape index (κ3) is 4.05. The molecule has 4 aliphatic rings. The predicted molar refractivity (Wildman–Crippen MR) is 236 cm³/mol. The second-order valence-corrected chi connectivity index (χ2v) is 17.3. The lowest BCUT2D eigenvalue weighted by molar-refractivity contribution is 0.632. The number of anilines is 6. The van der Waals surface area contributed by atoms with Gasteiger partial charge in [0.15, 0.2) is 0 Å². The van der Waals surface area contributed by atoms with Gasteiger partial charge in [0.2, 0.25) is 0 Å². The number of rotatable bonds is 2. The number of hydrogen-bond donors (Lipinski definition) is 0. The van der Waals surface area contributed by atoms with E-state index in [0.29, 0.717) is 0 Å². The van der Waals surface area contributed by atoms with Gasteiger partial charge in [0.25, 0.3) is 0 Å². The molecular formula is C55H42N2. The van der Waals surface area contributed by atoms with Crippen molar-refractivity contribution >= 4 is 34.1 Å². The Kier molecular flexibility index (Phi) is 6.42. The van der Waals surface area contributed by atoms with E-state index in [4.69, 9.17) is 0 Å². The summed E-state index contributed by atoms with van der Waals surface area (Å²) in [6.07, 6.45) is 0. The molecule has 0 saturated carbocycles. The fourth-order valence-electron chi connectivity index (χ4n) is 11.3. The van der Waals surface area contributed by atoms with Crippen molar-refractivity contribution in [2.24, 2.45) is 0 Å². The Balaban J connectivity index is 1.14. The van der Waals surface area contributed by atoms with Crippen molar-refractivity contribution in [1.29, 1.82) is 0 Å². The van der Waals surface area contributed by atoms with Crippen LogP contribution < -0.4 is 9.80 Å². The minimum atomic E-state index is -0.508. The third-order valence-electron chi connectivity index (χ3n) is 13.8. The molecule has 0 fully saturated rings. The van der Waals surface area contributed by atoms with E-state index in [9.17, 15) is 0 Å². The van der Waals surface area contributed by atoms with Gasteiger partial charge in [0, 0.05) is 22.2 Å². The first kappa shape index (κ1) is 32.6. The molecule has 8 aromatic carbocycles. The molecule has 0 radical (unpaired) electrons. The van der Waals surface area contributed by atoms with Gasteiger partial charge in [0.1, 0.15) is 0 Å². The molecule has 0 saturated heterocycles. The van der Waals surface area contributed by atoms with Crippen LogP contribution in [-0.2, 0) is 16.2 Å². The van der Waals surface area contributed by atoms with Gasteiger partial charge in [0.05, 0.1) is 28.2 Å². The average molecular weight is 731 g/mol. The van der Waals surface area contributed by atoms with Crippen molar-refractivity contribution in [2.75, 3.05) is 9.80 Å². The van der Waals surface area contributed by atoms with E-state index in [1.54, 1.807) is 0 Å². The SMILES string of the molecule is CC1(C)c2ccccc2N(c2ccc3c(c2)C2(c4ccccc4-3)c3ccccc3-c3ccc(N4c5ccccc5C(C)(C)c5ccccc54)cc32)c2ccccc21. The van der Waals surface area contributed by atoms with Gasteiger partial charge in [-0.05, 0) is 115 Å². The molecule has 0 unspecified atom stereocenters. The minimum Gasteiger partial charge on any atom is -0.310 e. The van der Waals surface area contributed by atoms with E-state index < -0.39 is 5.41 Å². The first-order valence-corrected chi connectivity index (χ1v) is 20.3.